The molecule has 0 spiro atoms. The van der Waals surface area contributed by atoms with Gasteiger partial charge in [0.2, 0.25) is 0 Å². The molecule has 0 bridgehead atoms. The van der Waals surface area contributed by atoms with Crippen LogP contribution >= 0.6 is 0 Å². The second-order valence-corrected chi connectivity index (χ2v) is 3.07. The SMILES string of the molecule is CCC(OC)C(C)(C)C=O. The maximum absolute atomic E-state index is 10.5. The average molecular weight is 144 g/mol. The van der Waals surface area contributed by atoms with E-state index >= 15 is 0 Å². The topological polar surface area (TPSA) is 26.3 Å². The van der Waals surface area contributed by atoms with Gasteiger partial charge >= 0.3 is 0 Å². The summed E-state index contributed by atoms with van der Waals surface area (Å²) in [6.45, 7) is 5.79. The Balaban J connectivity index is 4.10. The molecule has 0 aromatic heterocycles. The van der Waals surface area contributed by atoms with E-state index in [1.165, 1.54) is 0 Å². The van der Waals surface area contributed by atoms with Crippen LogP contribution in [0, 0.1) is 5.41 Å². The van der Waals surface area contributed by atoms with E-state index in [0.29, 0.717) is 0 Å². The quantitative estimate of drug-likeness (QED) is 0.561. The van der Waals surface area contributed by atoms with Crippen molar-refractivity contribution in [1.29, 1.82) is 0 Å². The van der Waals surface area contributed by atoms with Gasteiger partial charge in [0, 0.05) is 12.5 Å². The minimum Gasteiger partial charge on any atom is -0.380 e. The molecular formula is C8H16O2. The Morgan fingerprint density at radius 2 is 2.10 bits per heavy atom. The predicted molar refractivity (Wildman–Crippen MR) is 40.9 cm³/mol. The third kappa shape index (κ3) is 2.10. The van der Waals surface area contributed by atoms with Crippen LogP contribution in [0.3, 0.4) is 0 Å². The zero-order chi connectivity index (χ0) is 8.20. The highest BCUT2D eigenvalue weighted by atomic mass is 16.5. The van der Waals surface area contributed by atoms with Crippen LogP contribution in [0.4, 0.5) is 0 Å². The maximum Gasteiger partial charge on any atom is 0.128 e. The van der Waals surface area contributed by atoms with Crippen LogP contribution in [0.5, 0.6) is 0 Å². The Labute approximate surface area is 62.6 Å². The van der Waals surface area contributed by atoms with Crippen molar-refractivity contribution in [2.24, 2.45) is 5.41 Å². The van der Waals surface area contributed by atoms with Crippen molar-refractivity contribution < 1.29 is 9.53 Å². The van der Waals surface area contributed by atoms with Gasteiger partial charge in [-0.15, -0.1) is 0 Å². The molecular weight excluding hydrogens is 128 g/mol. The van der Waals surface area contributed by atoms with Gasteiger partial charge < -0.3 is 9.53 Å². The van der Waals surface area contributed by atoms with E-state index in [-0.39, 0.29) is 11.5 Å². The lowest BCUT2D eigenvalue weighted by molar-refractivity contribution is -0.121. The van der Waals surface area contributed by atoms with Crippen LogP contribution in [0.1, 0.15) is 27.2 Å². The smallest absolute Gasteiger partial charge is 0.128 e. The minimum atomic E-state index is -0.344. The number of rotatable bonds is 4. The second kappa shape index (κ2) is 3.71. The molecule has 0 aromatic carbocycles. The standard InChI is InChI=1S/C8H16O2/c1-5-7(10-4)8(2,3)6-9/h6-7H,5H2,1-4H3. The summed E-state index contributed by atoms with van der Waals surface area (Å²) in [5, 5.41) is 0. The highest BCUT2D eigenvalue weighted by Crippen LogP contribution is 2.21. The van der Waals surface area contributed by atoms with E-state index in [1.807, 2.05) is 20.8 Å². The van der Waals surface area contributed by atoms with Crippen molar-refractivity contribution in [3.05, 3.63) is 0 Å². The first-order chi connectivity index (χ1) is 4.58. The summed E-state index contributed by atoms with van der Waals surface area (Å²) in [5.41, 5.74) is -0.344. The van der Waals surface area contributed by atoms with E-state index in [9.17, 15) is 4.79 Å². The van der Waals surface area contributed by atoms with Crippen LogP contribution in [0.25, 0.3) is 0 Å². The van der Waals surface area contributed by atoms with Crippen LogP contribution in [0.2, 0.25) is 0 Å². The molecule has 2 heteroatoms. The molecule has 0 radical (unpaired) electrons. The molecule has 2 nitrogen and oxygen atoms in total. The highest BCUT2D eigenvalue weighted by Gasteiger charge is 2.27. The molecule has 10 heavy (non-hydrogen) atoms. The number of carbonyl (C=O) groups is 1. The van der Waals surface area contributed by atoms with E-state index in [2.05, 4.69) is 0 Å². The fraction of sp³-hybridized carbons (Fsp3) is 0.875. The molecule has 1 unspecified atom stereocenters. The Morgan fingerprint density at radius 3 is 2.20 bits per heavy atom. The zero-order valence-corrected chi connectivity index (χ0v) is 7.18. The average Bonchev–Trinajstić information content (AvgIpc) is 1.90. The van der Waals surface area contributed by atoms with E-state index < -0.39 is 0 Å². The molecule has 0 aliphatic carbocycles. The van der Waals surface area contributed by atoms with Gasteiger partial charge in [0.05, 0.1) is 6.10 Å². The lowest BCUT2D eigenvalue weighted by atomic mass is 9.87. The van der Waals surface area contributed by atoms with Crippen LogP contribution in [-0.4, -0.2) is 19.5 Å². The van der Waals surface area contributed by atoms with Gasteiger partial charge in [-0.05, 0) is 6.42 Å². The lowest BCUT2D eigenvalue weighted by Gasteiger charge is -2.26. The third-order valence-electron chi connectivity index (χ3n) is 1.79. The molecule has 0 saturated heterocycles. The van der Waals surface area contributed by atoms with E-state index in [4.69, 9.17) is 4.74 Å². The summed E-state index contributed by atoms with van der Waals surface area (Å²) in [6.07, 6.45) is 1.87. The Morgan fingerprint density at radius 1 is 1.60 bits per heavy atom. The van der Waals surface area contributed by atoms with Crippen molar-refractivity contribution in [3.63, 3.8) is 0 Å². The van der Waals surface area contributed by atoms with Crippen molar-refractivity contribution in [3.8, 4) is 0 Å². The molecule has 0 aliphatic rings. The fourth-order valence-electron chi connectivity index (χ4n) is 1.07. The largest absolute Gasteiger partial charge is 0.380 e. The van der Waals surface area contributed by atoms with Gasteiger partial charge in [-0.1, -0.05) is 20.8 Å². The summed E-state index contributed by atoms with van der Waals surface area (Å²) in [5.74, 6) is 0. The lowest BCUT2D eigenvalue weighted by Crippen LogP contribution is -2.31. The molecule has 0 fully saturated rings. The number of hydrogen-bond acceptors (Lipinski definition) is 2. The first-order valence-corrected chi connectivity index (χ1v) is 3.57. The van der Waals surface area contributed by atoms with Crippen LogP contribution in [-0.2, 0) is 9.53 Å². The van der Waals surface area contributed by atoms with Crippen molar-refractivity contribution in [2.45, 2.75) is 33.3 Å². The van der Waals surface area contributed by atoms with Gasteiger partial charge in [-0.25, -0.2) is 0 Å². The van der Waals surface area contributed by atoms with Gasteiger partial charge in [0.15, 0.2) is 0 Å². The zero-order valence-electron chi connectivity index (χ0n) is 7.18. The van der Waals surface area contributed by atoms with Gasteiger partial charge in [-0.3, -0.25) is 0 Å². The summed E-state index contributed by atoms with van der Waals surface area (Å²) < 4.78 is 5.12. The molecule has 1 atom stereocenters. The number of carbonyl (C=O) groups excluding carboxylic acids is 1. The van der Waals surface area contributed by atoms with Crippen LogP contribution < -0.4 is 0 Å². The molecule has 0 rings (SSSR count). The minimum absolute atomic E-state index is 0.0463. The van der Waals surface area contributed by atoms with Crippen molar-refractivity contribution in [1.82, 2.24) is 0 Å². The van der Waals surface area contributed by atoms with E-state index in [0.717, 1.165) is 12.7 Å². The molecule has 0 N–H and O–H groups in total. The van der Waals surface area contributed by atoms with Crippen molar-refractivity contribution >= 4 is 6.29 Å². The number of methoxy groups -OCH3 is 1. The number of hydrogen-bond donors (Lipinski definition) is 0. The summed E-state index contributed by atoms with van der Waals surface area (Å²) in [4.78, 5) is 10.5. The summed E-state index contributed by atoms with van der Waals surface area (Å²) in [7, 11) is 1.64. The van der Waals surface area contributed by atoms with Gasteiger partial charge in [0.25, 0.3) is 0 Å². The van der Waals surface area contributed by atoms with Gasteiger partial charge in [0.1, 0.15) is 6.29 Å². The molecule has 60 valence electrons. The Kier molecular flexibility index (Phi) is 3.58. The van der Waals surface area contributed by atoms with Gasteiger partial charge in [-0.2, -0.15) is 0 Å². The Hall–Kier alpha value is -0.370. The first kappa shape index (κ1) is 9.63. The summed E-state index contributed by atoms with van der Waals surface area (Å²) >= 11 is 0. The highest BCUT2D eigenvalue weighted by molar-refractivity contribution is 5.58. The molecule has 0 amide bonds. The molecule has 0 aromatic rings. The monoisotopic (exact) mass is 144 g/mol. The molecule has 0 aliphatic heterocycles. The van der Waals surface area contributed by atoms with Crippen LogP contribution in [0.15, 0.2) is 0 Å². The van der Waals surface area contributed by atoms with E-state index in [1.54, 1.807) is 7.11 Å². The number of ether oxygens (including phenoxy) is 1. The first-order valence-electron chi connectivity index (χ1n) is 3.57. The predicted octanol–water partition coefficient (Wildman–Crippen LogP) is 1.64. The maximum atomic E-state index is 10.5. The molecule has 0 saturated carbocycles. The molecule has 0 heterocycles. The number of aldehydes is 1. The second-order valence-electron chi connectivity index (χ2n) is 3.07. The van der Waals surface area contributed by atoms with Crippen molar-refractivity contribution in [2.75, 3.05) is 7.11 Å². The normalized spacial score (nSPS) is 14.8. The Bertz CT molecular complexity index is 104. The fourth-order valence-corrected chi connectivity index (χ4v) is 1.07. The summed E-state index contributed by atoms with van der Waals surface area (Å²) in [6, 6.07) is 0. The third-order valence-corrected chi connectivity index (χ3v) is 1.79.